The van der Waals surface area contributed by atoms with Gasteiger partial charge in [-0.05, 0) is 36.7 Å². The minimum Gasteiger partial charge on any atom is -0.336 e. The van der Waals surface area contributed by atoms with E-state index < -0.39 is 0 Å². The average Bonchev–Trinajstić information content (AvgIpc) is 3.13. The number of hydrogen-bond donors (Lipinski definition) is 2. The molecule has 2 heterocycles. The summed E-state index contributed by atoms with van der Waals surface area (Å²) < 4.78 is 0. The Morgan fingerprint density at radius 1 is 1.23 bits per heavy atom. The van der Waals surface area contributed by atoms with E-state index in [0.717, 1.165) is 26.2 Å². The fourth-order valence-corrected chi connectivity index (χ4v) is 4.29. The number of urea groups is 1. The molecule has 0 saturated carbocycles. The van der Waals surface area contributed by atoms with Gasteiger partial charge in [0.15, 0.2) is 0 Å². The number of halogens is 2. The summed E-state index contributed by atoms with van der Waals surface area (Å²) in [4.78, 5) is 18.3. The molecular weight excluding hydrogens is 391 g/mol. The third-order valence-electron chi connectivity index (χ3n) is 4.49. The minimum atomic E-state index is -0.273. The van der Waals surface area contributed by atoms with Crippen molar-refractivity contribution in [2.24, 2.45) is 0 Å². The molecule has 0 spiro atoms. The molecule has 1 aliphatic rings. The van der Waals surface area contributed by atoms with Gasteiger partial charge in [-0.2, -0.15) is 0 Å². The minimum absolute atomic E-state index is 0.176. The number of benzene rings is 1. The van der Waals surface area contributed by atoms with Crippen LogP contribution in [0.25, 0.3) is 0 Å². The number of carbonyl (C=O) groups is 1. The summed E-state index contributed by atoms with van der Waals surface area (Å²) in [6.45, 7) is 4.60. The van der Waals surface area contributed by atoms with Gasteiger partial charge in [0.05, 0.1) is 16.8 Å². The van der Waals surface area contributed by atoms with Crippen LogP contribution in [0, 0.1) is 0 Å². The molecular formula is C18H22Cl2N4OS. The van der Waals surface area contributed by atoms with Gasteiger partial charge in [0.2, 0.25) is 0 Å². The topological polar surface area (TPSA) is 47.6 Å². The number of hydrogen-bond acceptors (Lipinski definition) is 4. The zero-order valence-electron chi connectivity index (χ0n) is 14.5. The lowest BCUT2D eigenvalue weighted by atomic mass is 10.1. The molecule has 8 heteroatoms. The van der Waals surface area contributed by atoms with E-state index in [1.807, 2.05) is 0 Å². The largest absolute Gasteiger partial charge is 0.336 e. The van der Waals surface area contributed by atoms with Crippen LogP contribution in [-0.4, -0.2) is 55.6 Å². The van der Waals surface area contributed by atoms with Crippen LogP contribution in [-0.2, 0) is 0 Å². The molecule has 140 valence electrons. The second-order valence-electron chi connectivity index (χ2n) is 6.33. The van der Waals surface area contributed by atoms with E-state index in [-0.39, 0.29) is 12.1 Å². The Hall–Kier alpha value is -1.31. The Morgan fingerprint density at radius 2 is 2.00 bits per heavy atom. The number of carbonyl (C=O) groups excluding carboxylic acids is 1. The van der Waals surface area contributed by atoms with Gasteiger partial charge in [0, 0.05) is 42.6 Å². The predicted octanol–water partition coefficient (Wildman–Crippen LogP) is 4.17. The number of piperazine rings is 1. The van der Waals surface area contributed by atoms with E-state index in [1.54, 1.807) is 29.5 Å². The SMILES string of the molecule is CN1CCN([C@@H](CNC(=O)Nc2ccc(Cl)cc2Cl)c2cccs2)CC1. The Balaban J connectivity index is 1.61. The van der Waals surface area contributed by atoms with Crippen molar-refractivity contribution >= 4 is 46.3 Å². The summed E-state index contributed by atoms with van der Waals surface area (Å²) in [6, 6.07) is 9.08. The lowest BCUT2D eigenvalue weighted by Gasteiger charge is -2.37. The number of rotatable bonds is 5. The third kappa shape index (κ3) is 5.11. The van der Waals surface area contributed by atoms with Crippen LogP contribution in [0.1, 0.15) is 10.9 Å². The lowest BCUT2D eigenvalue weighted by Crippen LogP contribution is -2.48. The molecule has 1 aliphatic heterocycles. The van der Waals surface area contributed by atoms with Crippen molar-refractivity contribution < 1.29 is 4.79 Å². The maximum absolute atomic E-state index is 12.3. The van der Waals surface area contributed by atoms with Crippen molar-refractivity contribution in [1.29, 1.82) is 0 Å². The van der Waals surface area contributed by atoms with Gasteiger partial charge in [-0.15, -0.1) is 11.3 Å². The zero-order chi connectivity index (χ0) is 18.5. The molecule has 0 radical (unpaired) electrons. The fourth-order valence-electron chi connectivity index (χ4n) is 2.97. The van der Waals surface area contributed by atoms with Crippen molar-refractivity contribution in [3.63, 3.8) is 0 Å². The first-order valence-electron chi connectivity index (χ1n) is 8.49. The summed E-state index contributed by atoms with van der Waals surface area (Å²) in [7, 11) is 2.14. The second kappa shape index (κ2) is 9.06. The second-order valence-corrected chi connectivity index (χ2v) is 8.15. The van der Waals surface area contributed by atoms with Gasteiger partial charge >= 0.3 is 6.03 Å². The highest BCUT2D eigenvalue weighted by Crippen LogP contribution is 2.27. The van der Waals surface area contributed by atoms with Crippen LogP contribution >= 0.6 is 34.5 Å². The molecule has 2 N–H and O–H groups in total. The number of nitrogens with one attached hydrogen (secondary N) is 2. The summed E-state index contributed by atoms with van der Waals surface area (Å²) in [5, 5.41) is 8.79. The molecule has 2 amide bonds. The fraction of sp³-hybridized carbons (Fsp3) is 0.389. The Bertz CT molecular complexity index is 733. The molecule has 1 saturated heterocycles. The standard InChI is InChI=1S/C18H22Cl2N4OS/c1-23-6-8-24(9-7-23)16(17-3-2-10-26-17)12-21-18(25)22-15-5-4-13(19)11-14(15)20/h2-5,10-11,16H,6-9,12H2,1H3,(H2,21,22,25)/t16-/m0/s1. The maximum atomic E-state index is 12.3. The van der Waals surface area contributed by atoms with E-state index in [1.165, 1.54) is 4.88 Å². The Kier molecular flexibility index (Phi) is 6.78. The number of amides is 2. The lowest BCUT2D eigenvalue weighted by molar-refractivity contribution is 0.113. The normalized spacial score (nSPS) is 17.0. The van der Waals surface area contributed by atoms with Crippen LogP contribution < -0.4 is 10.6 Å². The summed E-state index contributed by atoms with van der Waals surface area (Å²) in [5.74, 6) is 0. The molecule has 1 aromatic heterocycles. The van der Waals surface area contributed by atoms with Crippen LogP contribution in [0.4, 0.5) is 10.5 Å². The first kappa shape index (κ1) is 19.5. The van der Waals surface area contributed by atoms with E-state index in [4.69, 9.17) is 23.2 Å². The summed E-state index contributed by atoms with van der Waals surface area (Å²) >= 11 is 13.7. The highest BCUT2D eigenvalue weighted by atomic mass is 35.5. The van der Waals surface area contributed by atoms with E-state index in [9.17, 15) is 4.79 Å². The van der Waals surface area contributed by atoms with Gasteiger partial charge in [-0.3, -0.25) is 4.90 Å². The molecule has 0 unspecified atom stereocenters. The monoisotopic (exact) mass is 412 g/mol. The highest BCUT2D eigenvalue weighted by Gasteiger charge is 2.25. The average molecular weight is 413 g/mol. The van der Waals surface area contributed by atoms with E-state index in [0.29, 0.717) is 22.3 Å². The first-order chi connectivity index (χ1) is 12.5. The van der Waals surface area contributed by atoms with E-state index in [2.05, 4.69) is 45.0 Å². The van der Waals surface area contributed by atoms with Crippen molar-refractivity contribution in [3.8, 4) is 0 Å². The highest BCUT2D eigenvalue weighted by molar-refractivity contribution is 7.10. The predicted molar refractivity (Wildman–Crippen MR) is 110 cm³/mol. The molecule has 3 rings (SSSR count). The molecule has 1 atom stereocenters. The van der Waals surface area contributed by atoms with Crippen LogP contribution in [0.2, 0.25) is 10.0 Å². The molecule has 5 nitrogen and oxygen atoms in total. The Morgan fingerprint density at radius 3 is 2.65 bits per heavy atom. The van der Waals surface area contributed by atoms with E-state index >= 15 is 0 Å². The van der Waals surface area contributed by atoms with Crippen molar-refractivity contribution in [2.75, 3.05) is 45.1 Å². The number of anilines is 1. The van der Waals surface area contributed by atoms with Crippen LogP contribution in [0.5, 0.6) is 0 Å². The number of likely N-dealkylation sites (N-methyl/N-ethyl adjacent to an activating group) is 1. The third-order valence-corrected chi connectivity index (χ3v) is 6.01. The molecule has 26 heavy (non-hydrogen) atoms. The summed E-state index contributed by atoms with van der Waals surface area (Å²) in [5.41, 5.74) is 0.542. The maximum Gasteiger partial charge on any atom is 0.319 e. The van der Waals surface area contributed by atoms with Gasteiger partial charge in [-0.25, -0.2) is 4.79 Å². The molecule has 1 fully saturated rings. The van der Waals surface area contributed by atoms with Gasteiger partial charge < -0.3 is 15.5 Å². The first-order valence-corrected chi connectivity index (χ1v) is 10.1. The molecule has 2 aromatic rings. The quantitative estimate of drug-likeness (QED) is 0.774. The van der Waals surface area contributed by atoms with Gasteiger partial charge in [0.25, 0.3) is 0 Å². The van der Waals surface area contributed by atoms with Crippen molar-refractivity contribution in [2.45, 2.75) is 6.04 Å². The Labute approximate surface area is 167 Å². The molecule has 0 aliphatic carbocycles. The van der Waals surface area contributed by atoms with Crippen LogP contribution in [0.15, 0.2) is 35.7 Å². The summed E-state index contributed by atoms with van der Waals surface area (Å²) in [6.07, 6.45) is 0. The smallest absolute Gasteiger partial charge is 0.319 e. The number of thiophene rings is 1. The zero-order valence-corrected chi connectivity index (χ0v) is 16.9. The van der Waals surface area contributed by atoms with Crippen LogP contribution in [0.3, 0.4) is 0 Å². The van der Waals surface area contributed by atoms with Gasteiger partial charge in [-0.1, -0.05) is 29.3 Å². The molecule has 0 bridgehead atoms. The number of nitrogens with zero attached hydrogens (tertiary/aromatic N) is 2. The molecule has 1 aromatic carbocycles. The van der Waals surface area contributed by atoms with Gasteiger partial charge in [0.1, 0.15) is 0 Å². The van der Waals surface area contributed by atoms with Crippen molar-refractivity contribution in [3.05, 3.63) is 50.6 Å². The van der Waals surface area contributed by atoms with Crippen molar-refractivity contribution in [1.82, 2.24) is 15.1 Å².